The van der Waals surface area contributed by atoms with E-state index in [1.54, 1.807) is 60.3 Å². The van der Waals surface area contributed by atoms with E-state index < -0.39 is 58.7 Å². The second-order valence-electron chi connectivity index (χ2n) is 18.2. The Labute approximate surface area is 400 Å². The Kier molecular flexibility index (Phi) is 17.2. The van der Waals surface area contributed by atoms with Gasteiger partial charge in [0.15, 0.2) is 0 Å². The molecule has 6 rings (SSSR count). The summed E-state index contributed by atoms with van der Waals surface area (Å²) in [5.74, 6) is -2.05. The fourth-order valence-electron chi connectivity index (χ4n) is 8.03. The molecule has 0 saturated heterocycles. The van der Waals surface area contributed by atoms with Crippen molar-refractivity contribution < 1.29 is 57.9 Å². The van der Waals surface area contributed by atoms with Gasteiger partial charge < -0.3 is 9.80 Å². The van der Waals surface area contributed by atoms with Gasteiger partial charge in [0.25, 0.3) is 0 Å². The van der Waals surface area contributed by atoms with E-state index in [0.29, 0.717) is 57.6 Å². The van der Waals surface area contributed by atoms with Crippen LogP contribution in [0.3, 0.4) is 0 Å². The number of carbonyl (C=O) groups excluding carboxylic acids is 2. The lowest BCUT2D eigenvalue weighted by molar-refractivity contribution is -0.138. The summed E-state index contributed by atoms with van der Waals surface area (Å²) in [6, 6.07) is 27.9. The molecule has 6 aromatic rings. The molecule has 0 heterocycles. The molecule has 0 spiro atoms. The van der Waals surface area contributed by atoms with Crippen molar-refractivity contribution in [2.75, 3.05) is 23.9 Å². The smallest absolute Gasteiger partial charge is 0.345 e. The van der Waals surface area contributed by atoms with E-state index in [4.69, 9.17) is 0 Å². The van der Waals surface area contributed by atoms with Gasteiger partial charge in [-0.1, -0.05) is 70.2 Å². The highest BCUT2D eigenvalue weighted by Crippen LogP contribution is 2.40. The summed E-state index contributed by atoms with van der Waals surface area (Å²) in [5.41, 5.74) is 2.78. The van der Waals surface area contributed by atoms with E-state index in [-0.39, 0.29) is 34.8 Å². The van der Waals surface area contributed by atoms with Crippen LogP contribution < -0.4 is 9.80 Å². The second-order valence-corrected chi connectivity index (χ2v) is 18.2. The maximum atomic E-state index is 13.8. The minimum absolute atomic E-state index is 0.0383. The fraction of sp³-hybridized carbons (Fsp3) is 0.309. The lowest BCUT2D eigenvalue weighted by Crippen LogP contribution is -2.15. The molecule has 0 N–H and O–H groups in total. The summed E-state index contributed by atoms with van der Waals surface area (Å²) in [4.78, 5) is 28.2. The number of anilines is 4. The first-order valence-corrected chi connectivity index (χ1v) is 22.3. The van der Waals surface area contributed by atoms with Gasteiger partial charge >= 0.3 is 18.5 Å². The van der Waals surface area contributed by atoms with Crippen LogP contribution in [-0.2, 0) is 28.1 Å². The summed E-state index contributed by atoms with van der Waals surface area (Å²) in [5, 5.41) is 0. The van der Waals surface area contributed by atoms with E-state index in [1.165, 1.54) is 62.4 Å². The van der Waals surface area contributed by atoms with Crippen molar-refractivity contribution in [3.63, 3.8) is 0 Å². The van der Waals surface area contributed by atoms with Gasteiger partial charge in [0, 0.05) is 54.7 Å². The predicted molar refractivity (Wildman–Crippen MR) is 253 cm³/mol. The summed E-state index contributed by atoms with van der Waals surface area (Å²) in [6.45, 7) is 10.9. The number of benzene rings is 6. The van der Waals surface area contributed by atoms with E-state index in [9.17, 15) is 57.9 Å². The third-order valence-corrected chi connectivity index (χ3v) is 11.7. The van der Waals surface area contributed by atoms with Crippen LogP contribution in [-0.4, -0.2) is 25.7 Å². The quantitative estimate of drug-likeness (QED) is 0.102. The predicted octanol–water partition coefficient (Wildman–Crippen LogP) is 17.0. The molecule has 2 unspecified atom stereocenters. The zero-order valence-electron chi connectivity index (χ0n) is 39.7. The van der Waals surface area contributed by atoms with Crippen LogP contribution in [0.15, 0.2) is 127 Å². The topological polar surface area (TPSA) is 40.6 Å². The molecule has 6 aromatic carbocycles. The molecule has 0 aliphatic carbocycles. The zero-order valence-corrected chi connectivity index (χ0v) is 39.7. The zero-order chi connectivity index (χ0) is 52.0. The third-order valence-electron chi connectivity index (χ3n) is 11.7. The summed E-state index contributed by atoms with van der Waals surface area (Å²) in [7, 11) is 3.24. The van der Waals surface area contributed by atoms with Gasteiger partial charge in [0.1, 0.15) is 23.2 Å². The molecular weight excluding hydrogens is 930 g/mol. The second kappa shape index (κ2) is 22.1. The van der Waals surface area contributed by atoms with Gasteiger partial charge in [0.05, 0.1) is 16.7 Å². The van der Waals surface area contributed by atoms with Crippen LogP contribution in [0.1, 0.15) is 94.0 Å². The average molecular weight is 983 g/mol. The van der Waals surface area contributed by atoms with E-state index in [2.05, 4.69) is 0 Å². The van der Waals surface area contributed by atoms with Gasteiger partial charge in [-0.2, -0.15) is 39.5 Å². The molecule has 0 aliphatic rings. The van der Waals surface area contributed by atoms with E-state index in [0.717, 1.165) is 42.5 Å². The van der Waals surface area contributed by atoms with Crippen molar-refractivity contribution in [3.8, 4) is 22.3 Å². The molecule has 372 valence electrons. The summed E-state index contributed by atoms with van der Waals surface area (Å²) in [6.07, 6.45) is -12.3. The van der Waals surface area contributed by atoms with Crippen LogP contribution in [0.5, 0.6) is 0 Å². The van der Waals surface area contributed by atoms with Gasteiger partial charge in [-0.05, 0) is 151 Å². The fourth-order valence-corrected chi connectivity index (χ4v) is 8.03. The van der Waals surface area contributed by atoms with Crippen molar-refractivity contribution in [2.24, 2.45) is 11.8 Å². The monoisotopic (exact) mass is 982 g/mol. The Balaban J connectivity index is 0.000000261. The Morgan fingerprint density at radius 3 is 1.13 bits per heavy atom. The molecular formula is C55H53F11N2O2. The van der Waals surface area contributed by atoms with Crippen LogP contribution in [0.25, 0.3) is 22.3 Å². The molecule has 2 atom stereocenters. The number of hydrogen-bond acceptors (Lipinski definition) is 4. The highest BCUT2D eigenvalue weighted by molar-refractivity contribution is 5.86. The van der Waals surface area contributed by atoms with Gasteiger partial charge in [-0.15, -0.1) is 0 Å². The molecule has 4 nitrogen and oxygen atoms in total. The SMILES string of the molecule is CC(=O)C(CC(C)C)c1cc(-c2ccc(C(F)(F)F)cc2)cc(N(C)c2cc(F)cc(F)c2)c1.CC(=O)C(CC(C)C)c1cc(-c2ccc(C(F)(F)F)cc2)cc(N(C)c2cccc(C(F)(F)F)c2)c1. The highest BCUT2D eigenvalue weighted by atomic mass is 19.4. The molecule has 0 aliphatic heterocycles. The van der Waals surface area contributed by atoms with Crippen LogP contribution in [0, 0.1) is 23.5 Å². The molecule has 0 saturated carbocycles. The maximum Gasteiger partial charge on any atom is 0.416 e. The number of Topliss-reactive ketones (excluding diaryl/α,β-unsaturated/α-hetero) is 2. The van der Waals surface area contributed by atoms with Crippen LogP contribution in [0.4, 0.5) is 71.0 Å². The third kappa shape index (κ3) is 14.3. The highest BCUT2D eigenvalue weighted by Gasteiger charge is 2.33. The molecule has 0 fully saturated rings. The number of carbonyl (C=O) groups is 2. The summed E-state index contributed by atoms with van der Waals surface area (Å²) >= 11 is 0. The maximum absolute atomic E-state index is 13.8. The molecule has 15 heteroatoms. The van der Waals surface area contributed by atoms with Gasteiger partial charge in [-0.3, -0.25) is 9.59 Å². The Bertz CT molecular complexity index is 2740. The number of nitrogens with zero attached hydrogens (tertiary/aromatic N) is 2. The van der Waals surface area contributed by atoms with E-state index in [1.807, 2.05) is 27.7 Å². The largest absolute Gasteiger partial charge is 0.416 e. The number of alkyl halides is 9. The molecule has 0 amide bonds. The van der Waals surface area contributed by atoms with E-state index >= 15 is 0 Å². The standard InChI is InChI=1S/C28H27F6NO.C27H26F5NO/c1-17(2)12-26(18(3)36)21-13-20(19-8-10-22(11-9-19)27(29,30)31)14-25(15-21)35(4)24-7-5-6-23(16-24)28(32,33)34;1-16(2)9-26(17(3)34)20-10-19(18-5-7-21(8-6-18)27(30,31)32)11-24(12-20)33(4)25-14-22(28)13-23(29)15-25/h5-11,13-17,26H,12H2,1-4H3;5-8,10-16,26H,9H2,1-4H3. The molecule has 0 bridgehead atoms. The number of rotatable bonds is 14. The van der Waals surface area contributed by atoms with Crippen molar-refractivity contribution in [1.82, 2.24) is 0 Å². The molecule has 0 aromatic heterocycles. The van der Waals surface area contributed by atoms with Crippen molar-refractivity contribution in [2.45, 2.75) is 84.7 Å². The molecule has 0 radical (unpaired) electrons. The minimum Gasteiger partial charge on any atom is -0.345 e. The number of hydrogen-bond donors (Lipinski definition) is 0. The molecule has 70 heavy (non-hydrogen) atoms. The Morgan fingerprint density at radius 2 is 0.786 bits per heavy atom. The normalized spacial score (nSPS) is 12.9. The Hall–Kier alpha value is -6.51. The first-order chi connectivity index (χ1) is 32.5. The van der Waals surface area contributed by atoms with Crippen molar-refractivity contribution in [3.05, 3.63) is 167 Å². The summed E-state index contributed by atoms with van der Waals surface area (Å²) < 4.78 is 146. The number of ketones is 2. The van der Waals surface area contributed by atoms with Gasteiger partial charge in [-0.25, -0.2) is 8.78 Å². The average Bonchev–Trinajstić information content (AvgIpc) is 3.28. The Morgan fingerprint density at radius 1 is 0.429 bits per heavy atom. The lowest BCUT2D eigenvalue weighted by atomic mass is 9.85. The van der Waals surface area contributed by atoms with Crippen LogP contribution >= 0.6 is 0 Å². The first kappa shape index (κ1) is 54.4. The van der Waals surface area contributed by atoms with Gasteiger partial charge in [0.2, 0.25) is 0 Å². The van der Waals surface area contributed by atoms with Crippen LogP contribution in [0.2, 0.25) is 0 Å². The minimum atomic E-state index is -4.51. The lowest BCUT2D eigenvalue weighted by Gasteiger charge is -2.25. The van der Waals surface area contributed by atoms with Crippen molar-refractivity contribution in [1.29, 1.82) is 0 Å². The first-order valence-electron chi connectivity index (χ1n) is 22.3. The number of halogens is 11. The van der Waals surface area contributed by atoms with Crippen molar-refractivity contribution >= 4 is 34.3 Å².